The maximum atomic E-state index is 2.37. The summed E-state index contributed by atoms with van der Waals surface area (Å²) in [7, 11) is 0.605. The standard InChI is InChI=1S/2C15H11.C3H8Si.2ClH.Hf/c2*1-2-6-12(5-1)15-10-9-13-7-3-4-8-14(13)11-15;1-2-4-3-1;;;/h2*1,3-5,7-11H,2H2;1-4H2;2*1H;/q;;;;;+2/p-2. The number of hydrogen-bond acceptors (Lipinski definition) is 0. The van der Waals surface area contributed by atoms with Gasteiger partial charge in [-0.05, 0) is 0 Å². The van der Waals surface area contributed by atoms with Gasteiger partial charge in [-0.3, -0.25) is 0 Å². The molecule has 1 saturated heterocycles. The van der Waals surface area contributed by atoms with Gasteiger partial charge >= 0.3 is 195 Å². The van der Waals surface area contributed by atoms with Crippen LogP contribution < -0.4 is 24.8 Å². The van der Waals surface area contributed by atoms with E-state index in [0.29, 0.717) is 9.52 Å². The fraction of sp³-hybridized carbons (Fsp3) is 0.152. The number of benzene rings is 4. The smallest absolute Gasteiger partial charge is 0.0197 e. The fourth-order valence-corrected chi connectivity index (χ4v) is 10.9. The molecule has 1 fully saturated rings. The van der Waals surface area contributed by atoms with Crippen LogP contribution in [0.1, 0.15) is 30.4 Å². The molecule has 0 spiro atoms. The first-order chi connectivity index (χ1) is 17.3. The molecule has 1 heterocycles. The first-order valence-electron chi connectivity index (χ1n) is 12.9. The van der Waals surface area contributed by atoms with E-state index in [4.69, 9.17) is 0 Å². The van der Waals surface area contributed by atoms with Crippen LogP contribution in [0.15, 0.2) is 116 Å². The molecule has 0 N–H and O–H groups in total. The van der Waals surface area contributed by atoms with Gasteiger partial charge in [-0.15, -0.1) is 0 Å². The molecule has 0 saturated carbocycles. The molecule has 4 aromatic rings. The molecular formula is C33H30Cl2HfSi. The van der Waals surface area contributed by atoms with Gasteiger partial charge in [0.1, 0.15) is 0 Å². The van der Waals surface area contributed by atoms with Gasteiger partial charge in [-0.2, -0.15) is 0 Å². The molecule has 184 valence electrons. The first-order valence-corrected chi connectivity index (χ1v) is 18.5. The summed E-state index contributed by atoms with van der Waals surface area (Å²) in [6, 6.07) is 34.5. The molecule has 3 aliphatic rings. The molecule has 0 atom stereocenters. The molecule has 4 aromatic carbocycles. The van der Waals surface area contributed by atoms with Crippen molar-refractivity contribution in [2.75, 3.05) is 0 Å². The van der Waals surface area contributed by atoms with Crippen molar-refractivity contribution in [2.24, 2.45) is 0 Å². The van der Waals surface area contributed by atoms with Gasteiger partial charge in [-0.1, -0.05) is 18.5 Å². The normalized spacial score (nSPS) is 15.6. The topological polar surface area (TPSA) is 0 Å². The van der Waals surface area contributed by atoms with E-state index >= 15 is 0 Å². The third-order valence-corrected chi connectivity index (χ3v) is 14.9. The summed E-state index contributed by atoms with van der Waals surface area (Å²) in [4.78, 5) is 0. The Bertz CT molecular complexity index is 1410. The SMILES string of the molecule is C1=CC(c2ccc3ccccc3c2)=[C]([Hf+2][C]2=C(c3ccc4ccccc4c3)C=CC2)C1.C1C[SiH2]C1.[Cl-].[Cl-]. The summed E-state index contributed by atoms with van der Waals surface area (Å²) in [6.45, 7) is 0. The van der Waals surface area contributed by atoms with Crippen LogP contribution in [0.25, 0.3) is 32.7 Å². The second-order valence-electron chi connectivity index (χ2n) is 9.66. The minimum Gasteiger partial charge on any atom is -1.00 e. The average Bonchev–Trinajstić information content (AvgIpc) is 3.52. The molecular weight excluding hydrogens is 674 g/mol. The molecule has 0 radical (unpaired) electrons. The summed E-state index contributed by atoms with van der Waals surface area (Å²) in [6.07, 6.45) is 13.3. The molecule has 1 aliphatic heterocycles. The number of hydrogen-bond donors (Lipinski definition) is 0. The van der Waals surface area contributed by atoms with E-state index in [0.717, 1.165) is 12.8 Å². The quantitative estimate of drug-likeness (QED) is 0.287. The third kappa shape index (κ3) is 6.37. The zero-order valence-electron chi connectivity index (χ0n) is 20.9. The minimum atomic E-state index is -1.10. The van der Waals surface area contributed by atoms with E-state index in [-0.39, 0.29) is 24.8 Å². The summed E-state index contributed by atoms with van der Waals surface area (Å²) in [5.74, 6) is 0. The molecule has 7 rings (SSSR count). The van der Waals surface area contributed by atoms with Crippen LogP contribution in [0, 0.1) is 0 Å². The number of rotatable bonds is 4. The fourth-order valence-electron chi connectivity index (χ4n) is 4.93. The monoisotopic (exact) mass is 704 g/mol. The van der Waals surface area contributed by atoms with Crippen molar-refractivity contribution >= 4 is 42.2 Å². The molecule has 0 nitrogen and oxygen atoms in total. The van der Waals surface area contributed by atoms with Crippen molar-refractivity contribution in [1.29, 1.82) is 0 Å². The molecule has 0 unspecified atom stereocenters. The first kappa shape index (κ1) is 28.0. The minimum absolute atomic E-state index is 0. The predicted octanol–water partition coefficient (Wildman–Crippen LogP) is 2.52. The Morgan fingerprint density at radius 3 is 1.35 bits per heavy atom. The molecule has 0 amide bonds. The van der Waals surface area contributed by atoms with Crippen molar-refractivity contribution in [3.8, 4) is 0 Å². The van der Waals surface area contributed by atoms with Gasteiger partial charge in [0.2, 0.25) is 0 Å². The molecule has 0 aromatic heterocycles. The summed E-state index contributed by atoms with van der Waals surface area (Å²) >= 11 is -1.10. The van der Waals surface area contributed by atoms with Crippen LogP contribution in [0.3, 0.4) is 0 Å². The largest absolute Gasteiger partial charge is 1.00 e. The predicted molar refractivity (Wildman–Crippen MR) is 152 cm³/mol. The maximum absolute atomic E-state index is 2.37. The van der Waals surface area contributed by atoms with Gasteiger partial charge < -0.3 is 24.8 Å². The molecule has 0 bridgehead atoms. The van der Waals surface area contributed by atoms with Gasteiger partial charge in [-0.25, -0.2) is 0 Å². The van der Waals surface area contributed by atoms with Crippen LogP contribution in [-0.2, 0) is 22.9 Å². The van der Waals surface area contributed by atoms with Gasteiger partial charge in [0, 0.05) is 9.52 Å². The Hall–Kier alpha value is -1.97. The van der Waals surface area contributed by atoms with Crippen molar-refractivity contribution < 1.29 is 47.7 Å². The zero-order valence-corrected chi connectivity index (χ0v) is 27.4. The van der Waals surface area contributed by atoms with Crippen LogP contribution in [0.5, 0.6) is 0 Å². The maximum Gasteiger partial charge on any atom is 0.0197 e. The van der Waals surface area contributed by atoms with E-state index in [1.165, 1.54) is 43.8 Å². The van der Waals surface area contributed by atoms with Crippen LogP contribution in [0.4, 0.5) is 0 Å². The summed E-state index contributed by atoms with van der Waals surface area (Å²) < 4.78 is 3.46. The Balaban J connectivity index is 0.000000490. The van der Waals surface area contributed by atoms with Crippen LogP contribution >= 0.6 is 0 Å². The Kier molecular flexibility index (Phi) is 10.0. The molecule has 4 heteroatoms. The Morgan fingerprint density at radius 1 is 0.541 bits per heavy atom. The third-order valence-electron chi connectivity index (χ3n) is 7.29. The van der Waals surface area contributed by atoms with Crippen molar-refractivity contribution in [3.05, 3.63) is 127 Å². The van der Waals surface area contributed by atoms with Gasteiger partial charge in [0.25, 0.3) is 0 Å². The van der Waals surface area contributed by atoms with Crippen molar-refractivity contribution in [2.45, 2.75) is 31.4 Å². The average molecular weight is 704 g/mol. The van der Waals surface area contributed by atoms with Crippen LogP contribution in [-0.4, -0.2) is 9.52 Å². The van der Waals surface area contributed by atoms with Gasteiger partial charge in [0.05, 0.1) is 0 Å². The van der Waals surface area contributed by atoms with E-state index in [9.17, 15) is 0 Å². The van der Waals surface area contributed by atoms with E-state index < -0.39 is 22.9 Å². The van der Waals surface area contributed by atoms with E-state index in [1.807, 2.05) is 0 Å². The summed E-state index contributed by atoms with van der Waals surface area (Å²) in [5, 5.41) is 5.30. The van der Waals surface area contributed by atoms with Gasteiger partial charge in [0.15, 0.2) is 0 Å². The number of allylic oxidation sites excluding steroid dienone is 8. The summed E-state index contributed by atoms with van der Waals surface area (Å²) in [5.41, 5.74) is 5.75. The molecule has 2 aliphatic carbocycles. The zero-order chi connectivity index (χ0) is 23.5. The van der Waals surface area contributed by atoms with Crippen molar-refractivity contribution in [3.63, 3.8) is 0 Å². The van der Waals surface area contributed by atoms with E-state index in [1.54, 1.807) is 25.2 Å². The number of halogens is 2. The Labute approximate surface area is 246 Å². The molecule has 37 heavy (non-hydrogen) atoms. The van der Waals surface area contributed by atoms with E-state index in [2.05, 4.69) is 109 Å². The van der Waals surface area contributed by atoms with Crippen molar-refractivity contribution in [1.82, 2.24) is 0 Å². The number of fused-ring (bicyclic) bond motifs is 2. The van der Waals surface area contributed by atoms with Crippen LogP contribution in [0.2, 0.25) is 12.1 Å². The second-order valence-corrected chi connectivity index (χ2v) is 17.0. The Morgan fingerprint density at radius 2 is 0.946 bits per heavy atom. The second kappa shape index (κ2) is 13.2.